The van der Waals surface area contributed by atoms with Gasteiger partial charge in [-0.2, -0.15) is 0 Å². The van der Waals surface area contributed by atoms with E-state index in [9.17, 15) is 9.59 Å². The summed E-state index contributed by atoms with van der Waals surface area (Å²) in [4.78, 5) is 25.7. The highest BCUT2D eigenvalue weighted by molar-refractivity contribution is 5.78. The van der Waals surface area contributed by atoms with Crippen LogP contribution in [0.15, 0.2) is 0 Å². The molecule has 2 fully saturated rings. The molecule has 120 valence electrons. The molecule has 2 N–H and O–H groups in total. The summed E-state index contributed by atoms with van der Waals surface area (Å²) >= 11 is 0. The number of likely N-dealkylation sites (tertiary alicyclic amines) is 1. The molecule has 0 atom stereocenters. The van der Waals surface area contributed by atoms with Crippen molar-refractivity contribution in [3.63, 3.8) is 0 Å². The van der Waals surface area contributed by atoms with E-state index >= 15 is 0 Å². The Morgan fingerprint density at radius 3 is 2.33 bits per heavy atom. The van der Waals surface area contributed by atoms with E-state index in [4.69, 9.17) is 0 Å². The van der Waals surface area contributed by atoms with Gasteiger partial charge in [0.15, 0.2) is 0 Å². The largest absolute Gasteiger partial charge is 0.353 e. The molecule has 0 radical (unpaired) electrons. The molecule has 2 aliphatic rings. The molecule has 1 aliphatic heterocycles. The second-order valence-corrected chi connectivity index (χ2v) is 6.33. The molecule has 0 aromatic heterocycles. The first kappa shape index (κ1) is 16.3. The van der Waals surface area contributed by atoms with Crippen molar-refractivity contribution in [3.05, 3.63) is 0 Å². The molecule has 0 aromatic carbocycles. The SMILES string of the molecule is CCCC(=O)NC1CCN(C(=O)CNC2CCCC2)CC1. The molecule has 0 aromatic rings. The Hall–Kier alpha value is -1.10. The summed E-state index contributed by atoms with van der Waals surface area (Å²) in [5, 5.41) is 6.44. The minimum atomic E-state index is 0.144. The standard InChI is InChI=1S/C16H29N3O2/c1-2-5-15(20)18-14-8-10-19(11-9-14)16(21)12-17-13-6-3-4-7-13/h13-14,17H,2-12H2,1H3,(H,18,20). The summed E-state index contributed by atoms with van der Waals surface area (Å²) in [5.41, 5.74) is 0. The molecule has 1 saturated heterocycles. The topological polar surface area (TPSA) is 61.4 Å². The van der Waals surface area contributed by atoms with Crippen molar-refractivity contribution < 1.29 is 9.59 Å². The molecule has 1 aliphatic carbocycles. The number of amides is 2. The lowest BCUT2D eigenvalue weighted by molar-refractivity contribution is -0.131. The number of carbonyl (C=O) groups excluding carboxylic acids is 2. The number of carbonyl (C=O) groups is 2. The van der Waals surface area contributed by atoms with Gasteiger partial charge in [0.25, 0.3) is 0 Å². The van der Waals surface area contributed by atoms with Gasteiger partial charge in [-0.15, -0.1) is 0 Å². The fraction of sp³-hybridized carbons (Fsp3) is 0.875. The Labute approximate surface area is 127 Å². The first-order chi connectivity index (χ1) is 10.2. The molecule has 2 amide bonds. The molecule has 1 heterocycles. The number of rotatable bonds is 6. The number of nitrogens with zero attached hydrogens (tertiary/aromatic N) is 1. The normalized spacial score (nSPS) is 20.7. The lowest BCUT2D eigenvalue weighted by Gasteiger charge is -2.32. The maximum absolute atomic E-state index is 12.2. The van der Waals surface area contributed by atoms with Gasteiger partial charge in [-0.3, -0.25) is 9.59 Å². The molecule has 21 heavy (non-hydrogen) atoms. The fourth-order valence-electron chi connectivity index (χ4n) is 3.27. The van der Waals surface area contributed by atoms with Crippen LogP contribution in [-0.2, 0) is 9.59 Å². The molecule has 5 heteroatoms. The highest BCUT2D eigenvalue weighted by Gasteiger charge is 2.24. The Kier molecular flexibility index (Phi) is 6.49. The second-order valence-electron chi connectivity index (χ2n) is 6.33. The van der Waals surface area contributed by atoms with E-state index in [0.717, 1.165) is 32.4 Å². The van der Waals surface area contributed by atoms with E-state index in [1.54, 1.807) is 0 Å². The van der Waals surface area contributed by atoms with Crippen LogP contribution in [0.3, 0.4) is 0 Å². The van der Waals surface area contributed by atoms with Gasteiger partial charge >= 0.3 is 0 Å². The zero-order chi connectivity index (χ0) is 15.1. The van der Waals surface area contributed by atoms with Crippen LogP contribution in [0.5, 0.6) is 0 Å². The predicted molar refractivity (Wildman–Crippen MR) is 82.9 cm³/mol. The zero-order valence-corrected chi connectivity index (χ0v) is 13.2. The molecular weight excluding hydrogens is 266 g/mol. The average Bonchev–Trinajstić information content (AvgIpc) is 2.99. The second kappa shape index (κ2) is 8.37. The predicted octanol–water partition coefficient (Wildman–Crippen LogP) is 1.43. The Balaban J connectivity index is 1.63. The Bertz CT molecular complexity index is 345. The maximum atomic E-state index is 12.2. The molecule has 0 spiro atoms. The lowest BCUT2D eigenvalue weighted by atomic mass is 10.0. The first-order valence-corrected chi connectivity index (χ1v) is 8.49. The van der Waals surface area contributed by atoms with Crippen LogP contribution in [0.4, 0.5) is 0 Å². The van der Waals surface area contributed by atoms with Crippen LogP contribution in [0.2, 0.25) is 0 Å². The van der Waals surface area contributed by atoms with Crippen LogP contribution in [0.25, 0.3) is 0 Å². The zero-order valence-electron chi connectivity index (χ0n) is 13.2. The van der Waals surface area contributed by atoms with Gasteiger partial charge in [0, 0.05) is 31.6 Å². The smallest absolute Gasteiger partial charge is 0.236 e. The third-order valence-electron chi connectivity index (χ3n) is 4.59. The fourth-order valence-corrected chi connectivity index (χ4v) is 3.27. The van der Waals surface area contributed by atoms with Gasteiger partial charge in [0.2, 0.25) is 11.8 Å². The molecular formula is C16H29N3O2. The van der Waals surface area contributed by atoms with E-state index in [-0.39, 0.29) is 17.9 Å². The van der Waals surface area contributed by atoms with Crippen LogP contribution in [-0.4, -0.2) is 48.4 Å². The molecule has 0 unspecified atom stereocenters. The van der Waals surface area contributed by atoms with Crippen molar-refractivity contribution in [1.82, 2.24) is 15.5 Å². The molecule has 2 rings (SSSR count). The van der Waals surface area contributed by atoms with Crippen LogP contribution in [0.1, 0.15) is 58.3 Å². The summed E-state index contributed by atoms with van der Waals surface area (Å²) in [6, 6.07) is 0.788. The van der Waals surface area contributed by atoms with Crippen LogP contribution in [0, 0.1) is 0 Å². The van der Waals surface area contributed by atoms with Crippen molar-refractivity contribution in [2.75, 3.05) is 19.6 Å². The quantitative estimate of drug-likeness (QED) is 0.779. The Morgan fingerprint density at radius 1 is 1.05 bits per heavy atom. The summed E-state index contributed by atoms with van der Waals surface area (Å²) < 4.78 is 0. The highest BCUT2D eigenvalue weighted by Crippen LogP contribution is 2.17. The first-order valence-electron chi connectivity index (χ1n) is 8.49. The summed E-state index contributed by atoms with van der Waals surface area (Å²) in [6.45, 7) is 4.01. The number of hydrogen-bond donors (Lipinski definition) is 2. The summed E-state index contributed by atoms with van der Waals surface area (Å²) in [6.07, 6.45) is 8.23. The minimum Gasteiger partial charge on any atom is -0.353 e. The summed E-state index contributed by atoms with van der Waals surface area (Å²) in [7, 11) is 0. The van der Waals surface area contributed by atoms with E-state index < -0.39 is 0 Å². The monoisotopic (exact) mass is 295 g/mol. The summed E-state index contributed by atoms with van der Waals surface area (Å²) in [5.74, 6) is 0.352. The lowest BCUT2D eigenvalue weighted by Crippen LogP contribution is -2.49. The van der Waals surface area contributed by atoms with Crippen molar-refractivity contribution >= 4 is 11.8 Å². The van der Waals surface area contributed by atoms with Gasteiger partial charge in [-0.1, -0.05) is 19.8 Å². The van der Waals surface area contributed by atoms with Gasteiger partial charge < -0.3 is 15.5 Å². The number of nitrogens with one attached hydrogen (secondary N) is 2. The van der Waals surface area contributed by atoms with Crippen molar-refractivity contribution in [2.45, 2.75) is 70.4 Å². The van der Waals surface area contributed by atoms with E-state index in [0.29, 0.717) is 19.0 Å². The third-order valence-corrected chi connectivity index (χ3v) is 4.59. The van der Waals surface area contributed by atoms with Gasteiger partial charge in [-0.25, -0.2) is 0 Å². The van der Waals surface area contributed by atoms with Crippen LogP contribution < -0.4 is 10.6 Å². The number of hydrogen-bond acceptors (Lipinski definition) is 3. The minimum absolute atomic E-state index is 0.144. The molecule has 0 bridgehead atoms. The molecule has 1 saturated carbocycles. The average molecular weight is 295 g/mol. The van der Waals surface area contributed by atoms with Crippen molar-refractivity contribution in [1.29, 1.82) is 0 Å². The maximum Gasteiger partial charge on any atom is 0.236 e. The van der Waals surface area contributed by atoms with Gasteiger partial charge in [0.1, 0.15) is 0 Å². The number of piperidine rings is 1. The highest BCUT2D eigenvalue weighted by atomic mass is 16.2. The van der Waals surface area contributed by atoms with Gasteiger partial charge in [0.05, 0.1) is 6.54 Å². The van der Waals surface area contributed by atoms with E-state index in [1.165, 1.54) is 25.7 Å². The Morgan fingerprint density at radius 2 is 1.71 bits per heavy atom. The van der Waals surface area contributed by atoms with Gasteiger partial charge in [-0.05, 0) is 32.1 Å². The van der Waals surface area contributed by atoms with Crippen molar-refractivity contribution in [2.24, 2.45) is 0 Å². The van der Waals surface area contributed by atoms with Crippen molar-refractivity contribution in [3.8, 4) is 0 Å². The van der Waals surface area contributed by atoms with Crippen LogP contribution >= 0.6 is 0 Å². The van der Waals surface area contributed by atoms with E-state index in [1.807, 2.05) is 11.8 Å². The molecule has 5 nitrogen and oxygen atoms in total. The van der Waals surface area contributed by atoms with E-state index in [2.05, 4.69) is 10.6 Å². The third kappa shape index (κ3) is 5.30.